The topological polar surface area (TPSA) is 46.2 Å². The molecule has 0 aromatic heterocycles. The number of hydrogen-bond acceptors (Lipinski definition) is 2. The predicted octanol–water partition coefficient (Wildman–Crippen LogP) is 0.481. The lowest BCUT2D eigenvalue weighted by atomic mass is 10.1. The molecule has 1 aliphatic rings. The molecule has 58 valence electrons. The van der Waals surface area contributed by atoms with Crippen LogP contribution in [0.5, 0.6) is 0 Å². The molecule has 0 aromatic carbocycles. The number of carbonyl (C=O) groups excluding carboxylic acids is 2. The molecule has 1 saturated heterocycles. The van der Waals surface area contributed by atoms with Crippen molar-refractivity contribution in [1.82, 2.24) is 5.32 Å². The average molecular weight is 164 g/mol. The van der Waals surface area contributed by atoms with E-state index in [1.807, 2.05) is 6.92 Å². The molecule has 1 atom stereocenters. The third-order valence-electron chi connectivity index (χ3n) is 1.56. The standard InChI is InChI=1S/C6H9NO2.ClH/c1-2-4-3-5(8)7-6(4)9;/h4H,2-3H2,1H3,(H,7,8,9);1H. The van der Waals surface area contributed by atoms with Crippen molar-refractivity contribution < 1.29 is 9.59 Å². The van der Waals surface area contributed by atoms with Crippen molar-refractivity contribution >= 4 is 24.2 Å². The Morgan fingerprint density at radius 2 is 2.20 bits per heavy atom. The summed E-state index contributed by atoms with van der Waals surface area (Å²) in [6.45, 7) is 1.91. The molecule has 0 aliphatic carbocycles. The van der Waals surface area contributed by atoms with E-state index >= 15 is 0 Å². The Hall–Kier alpha value is -0.570. The molecule has 2 amide bonds. The van der Waals surface area contributed by atoms with E-state index in [0.29, 0.717) is 6.42 Å². The van der Waals surface area contributed by atoms with E-state index < -0.39 is 0 Å². The molecule has 1 aliphatic heterocycles. The first-order chi connectivity index (χ1) is 4.24. The number of carbonyl (C=O) groups is 2. The van der Waals surface area contributed by atoms with Gasteiger partial charge in [0, 0.05) is 12.3 Å². The van der Waals surface area contributed by atoms with Crippen LogP contribution in [0.25, 0.3) is 0 Å². The van der Waals surface area contributed by atoms with Crippen LogP contribution < -0.4 is 5.32 Å². The lowest BCUT2D eigenvalue weighted by Crippen LogP contribution is -2.21. The van der Waals surface area contributed by atoms with E-state index in [0.717, 1.165) is 6.42 Å². The number of nitrogens with one attached hydrogen (secondary N) is 1. The minimum Gasteiger partial charge on any atom is -0.296 e. The number of amides is 2. The summed E-state index contributed by atoms with van der Waals surface area (Å²) in [6.07, 6.45) is 1.15. The summed E-state index contributed by atoms with van der Waals surface area (Å²) in [5.41, 5.74) is 0. The van der Waals surface area contributed by atoms with Crippen LogP contribution in [0.4, 0.5) is 0 Å². The number of hydrogen-bond donors (Lipinski definition) is 1. The Morgan fingerprint density at radius 3 is 2.40 bits per heavy atom. The molecular formula is C6H10ClNO2. The highest BCUT2D eigenvalue weighted by Crippen LogP contribution is 2.13. The molecular weight excluding hydrogens is 154 g/mol. The van der Waals surface area contributed by atoms with Crippen molar-refractivity contribution in [3.05, 3.63) is 0 Å². The Labute approximate surface area is 65.6 Å². The summed E-state index contributed by atoms with van der Waals surface area (Å²) in [4.78, 5) is 21.2. The van der Waals surface area contributed by atoms with Gasteiger partial charge < -0.3 is 0 Å². The summed E-state index contributed by atoms with van der Waals surface area (Å²) in [5, 5.41) is 2.24. The molecule has 1 N–H and O–H groups in total. The van der Waals surface area contributed by atoms with E-state index in [1.54, 1.807) is 0 Å². The summed E-state index contributed by atoms with van der Waals surface area (Å²) in [5.74, 6) is -0.299. The van der Waals surface area contributed by atoms with Gasteiger partial charge in [-0.2, -0.15) is 0 Å². The van der Waals surface area contributed by atoms with Gasteiger partial charge in [-0.05, 0) is 6.42 Å². The number of halogens is 1. The predicted molar refractivity (Wildman–Crippen MR) is 38.8 cm³/mol. The second kappa shape index (κ2) is 3.56. The lowest BCUT2D eigenvalue weighted by molar-refractivity contribution is -0.125. The maximum atomic E-state index is 10.7. The van der Waals surface area contributed by atoms with Gasteiger partial charge in [0.1, 0.15) is 0 Å². The second-order valence-electron chi connectivity index (χ2n) is 2.22. The summed E-state index contributed by atoms with van der Waals surface area (Å²) >= 11 is 0. The highest BCUT2D eigenvalue weighted by atomic mass is 35.5. The molecule has 1 fully saturated rings. The first kappa shape index (κ1) is 9.43. The molecule has 10 heavy (non-hydrogen) atoms. The van der Waals surface area contributed by atoms with Gasteiger partial charge in [0.15, 0.2) is 0 Å². The van der Waals surface area contributed by atoms with Gasteiger partial charge in [-0.1, -0.05) is 6.92 Å². The zero-order valence-electron chi connectivity index (χ0n) is 5.72. The first-order valence-electron chi connectivity index (χ1n) is 3.07. The molecule has 0 spiro atoms. The van der Waals surface area contributed by atoms with Gasteiger partial charge in [0.2, 0.25) is 11.8 Å². The van der Waals surface area contributed by atoms with Gasteiger partial charge in [0.05, 0.1) is 0 Å². The second-order valence-corrected chi connectivity index (χ2v) is 2.22. The Kier molecular flexibility index (Phi) is 3.36. The highest BCUT2D eigenvalue weighted by Gasteiger charge is 2.28. The maximum absolute atomic E-state index is 10.7. The van der Waals surface area contributed by atoms with Gasteiger partial charge in [-0.3, -0.25) is 14.9 Å². The Morgan fingerprint density at radius 1 is 1.60 bits per heavy atom. The van der Waals surface area contributed by atoms with E-state index in [9.17, 15) is 9.59 Å². The van der Waals surface area contributed by atoms with Crippen molar-refractivity contribution in [1.29, 1.82) is 0 Å². The molecule has 1 heterocycles. The van der Waals surface area contributed by atoms with Crippen molar-refractivity contribution in [2.45, 2.75) is 19.8 Å². The fraction of sp³-hybridized carbons (Fsp3) is 0.667. The van der Waals surface area contributed by atoms with Crippen LogP contribution in [-0.4, -0.2) is 11.8 Å². The van der Waals surface area contributed by atoms with Crippen LogP contribution in [0.2, 0.25) is 0 Å². The molecule has 1 unspecified atom stereocenters. The maximum Gasteiger partial charge on any atom is 0.230 e. The minimum atomic E-state index is -0.133. The zero-order valence-corrected chi connectivity index (χ0v) is 6.53. The van der Waals surface area contributed by atoms with Crippen molar-refractivity contribution in [3.8, 4) is 0 Å². The van der Waals surface area contributed by atoms with Crippen molar-refractivity contribution in [3.63, 3.8) is 0 Å². The molecule has 0 bridgehead atoms. The monoisotopic (exact) mass is 163 g/mol. The van der Waals surface area contributed by atoms with Crippen molar-refractivity contribution in [2.75, 3.05) is 0 Å². The molecule has 3 nitrogen and oxygen atoms in total. The number of imide groups is 1. The normalized spacial score (nSPS) is 23.9. The number of rotatable bonds is 1. The molecule has 0 radical (unpaired) electrons. The van der Waals surface area contributed by atoms with Gasteiger partial charge in [-0.25, -0.2) is 0 Å². The van der Waals surface area contributed by atoms with Crippen LogP contribution in [0.15, 0.2) is 0 Å². The fourth-order valence-electron chi connectivity index (χ4n) is 0.937. The summed E-state index contributed by atoms with van der Waals surface area (Å²) < 4.78 is 0. The average Bonchev–Trinajstić information content (AvgIpc) is 2.10. The summed E-state index contributed by atoms with van der Waals surface area (Å²) in [7, 11) is 0. The Bertz CT molecular complexity index is 158. The zero-order chi connectivity index (χ0) is 6.85. The quantitative estimate of drug-likeness (QED) is 0.572. The molecule has 1 rings (SSSR count). The molecule has 4 heteroatoms. The lowest BCUT2D eigenvalue weighted by Gasteiger charge is -1.96. The highest BCUT2D eigenvalue weighted by molar-refractivity contribution is 6.03. The van der Waals surface area contributed by atoms with E-state index in [2.05, 4.69) is 5.32 Å². The molecule has 0 saturated carbocycles. The third kappa shape index (κ3) is 1.70. The fourth-order valence-corrected chi connectivity index (χ4v) is 0.937. The van der Waals surface area contributed by atoms with Crippen LogP contribution in [0, 0.1) is 5.92 Å². The third-order valence-corrected chi connectivity index (χ3v) is 1.56. The van der Waals surface area contributed by atoms with Gasteiger partial charge in [0.25, 0.3) is 0 Å². The minimum absolute atomic E-state index is 0. The van der Waals surface area contributed by atoms with Gasteiger partial charge >= 0.3 is 0 Å². The van der Waals surface area contributed by atoms with Crippen LogP contribution in [-0.2, 0) is 9.59 Å². The van der Waals surface area contributed by atoms with Crippen LogP contribution >= 0.6 is 12.4 Å². The van der Waals surface area contributed by atoms with E-state index in [-0.39, 0.29) is 30.1 Å². The van der Waals surface area contributed by atoms with E-state index in [1.165, 1.54) is 0 Å². The van der Waals surface area contributed by atoms with Crippen molar-refractivity contribution in [2.24, 2.45) is 5.92 Å². The van der Waals surface area contributed by atoms with Crippen LogP contribution in [0.1, 0.15) is 19.8 Å². The van der Waals surface area contributed by atoms with E-state index in [4.69, 9.17) is 0 Å². The smallest absolute Gasteiger partial charge is 0.230 e. The largest absolute Gasteiger partial charge is 0.296 e. The van der Waals surface area contributed by atoms with Gasteiger partial charge in [-0.15, -0.1) is 12.4 Å². The molecule has 0 aromatic rings. The SMILES string of the molecule is CCC1CC(=O)NC1=O.Cl. The summed E-state index contributed by atoms with van der Waals surface area (Å²) in [6, 6.07) is 0. The van der Waals surface area contributed by atoms with Crippen LogP contribution in [0.3, 0.4) is 0 Å². The Balaban J connectivity index is 0.000000810. The first-order valence-corrected chi connectivity index (χ1v) is 3.07.